The number of rotatable bonds is 2. The zero-order valence-corrected chi connectivity index (χ0v) is 9.31. The van der Waals surface area contributed by atoms with E-state index in [0.29, 0.717) is 16.3 Å². The van der Waals surface area contributed by atoms with Gasteiger partial charge in [0.1, 0.15) is 19.1 Å². The fourth-order valence-electron chi connectivity index (χ4n) is 1.89. The van der Waals surface area contributed by atoms with Crippen LogP contribution in [0.5, 0.6) is 5.75 Å². The van der Waals surface area contributed by atoms with Crippen molar-refractivity contribution in [1.82, 2.24) is 0 Å². The summed E-state index contributed by atoms with van der Waals surface area (Å²) in [5, 5.41) is 0.332. The third-order valence-corrected chi connectivity index (χ3v) is 3.09. The minimum Gasteiger partial charge on any atom is -0.480 e. The van der Waals surface area contributed by atoms with Crippen molar-refractivity contribution in [3.05, 3.63) is 28.8 Å². The molecule has 1 aromatic rings. The van der Waals surface area contributed by atoms with E-state index in [9.17, 15) is 8.78 Å². The van der Waals surface area contributed by atoms with E-state index in [-0.39, 0.29) is 6.42 Å². The van der Waals surface area contributed by atoms with E-state index in [1.54, 1.807) is 18.2 Å². The van der Waals surface area contributed by atoms with Crippen molar-refractivity contribution in [1.29, 1.82) is 0 Å². The lowest BCUT2D eigenvalue weighted by Gasteiger charge is -2.37. The number of benzene rings is 1. The topological polar surface area (TPSA) is 35.2 Å². The van der Waals surface area contributed by atoms with Gasteiger partial charge in [-0.05, 0) is 6.07 Å². The van der Waals surface area contributed by atoms with Crippen molar-refractivity contribution < 1.29 is 13.5 Å². The van der Waals surface area contributed by atoms with Crippen molar-refractivity contribution in [2.24, 2.45) is 5.73 Å². The summed E-state index contributed by atoms with van der Waals surface area (Å²) in [6.45, 7) is -1.83. The number of para-hydroxylation sites is 1. The molecule has 1 aromatic carbocycles. The number of ether oxygens (including phenoxy) is 1. The van der Waals surface area contributed by atoms with Gasteiger partial charge >= 0.3 is 0 Å². The van der Waals surface area contributed by atoms with Crippen LogP contribution in [-0.2, 0) is 0 Å². The third kappa shape index (κ3) is 1.76. The lowest BCUT2D eigenvalue weighted by Crippen LogP contribution is -2.47. The highest BCUT2D eigenvalue weighted by Gasteiger charge is 2.41. The molecule has 0 amide bonds. The molecule has 0 aliphatic carbocycles. The Bertz CT molecular complexity index is 396. The Hall–Kier alpha value is -0.870. The summed E-state index contributed by atoms with van der Waals surface area (Å²) in [7, 11) is 0. The first-order valence-corrected chi connectivity index (χ1v) is 5.34. The maximum absolute atomic E-state index is 12.9. The zero-order chi connectivity index (χ0) is 11.8. The van der Waals surface area contributed by atoms with Crippen molar-refractivity contribution >= 4 is 11.6 Å². The van der Waals surface area contributed by atoms with Gasteiger partial charge in [0.05, 0.1) is 5.02 Å². The molecular formula is C11H12ClF2NO. The van der Waals surface area contributed by atoms with E-state index in [4.69, 9.17) is 22.1 Å². The van der Waals surface area contributed by atoms with Gasteiger partial charge in [-0.1, -0.05) is 23.7 Å². The highest BCUT2D eigenvalue weighted by Crippen LogP contribution is 2.42. The molecule has 1 aliphatic heterocycles. The summed E-state index contributed by atoms with van der Waals surface area (Å²) in [5.74, 6) is 0.304. The molecule has 1 heterocycles. The predicted octanol–water partition coefficient (Wildman–Crippen LogP) is 2.80. The van der Waals surface area contributed by atoms with E-state index >= 15 is 0 Å². The second-order valence-electron chi connectivity index (χ2n) is 4.02. The Morgan fingerprint density at radius 3 is 2.75 bits per heavy atom. The van der Waals surface area contributed by atoms with E-state index < -0.39 is 25.0 Å². The van der Waals surface area contributed by atoms with Gasteiger partial charge in [-0.25, -0.2) is 8.78 Å². The summed E-state index contributed by atoms with van der Waals surface area (Å²) in [5.41, 5.74) is 5.09. The molecule has 16 heavy (non-hydrogen) atoms. The monoisotopic (exact) mass is 247 g/mol. The number of fused-ring (bicyclic) bond motifs is 1. The minimum absolute atomic E-state index is 0.118. The van der Waals surface area contributed by atoms with Gasteiger partial charge < -0.3 is 10.5 Å². The summed E-state index contributed by atoms with van der Waals surface area (Å²) >= 11 is 5.92. The average Bonchev–Trinajstić information content (AvgIpc) is 2.30. The fraction of sp³-hybridized carbons (Fsp3) is 0.455. The molecule has 0 bridgehead atoms. The highest BCUT2D eigenvalue weighted by atomic mass is 35.5. The van der Waals surface area contributed by atoms with Crippen LogP contribution in [0, 0.1) is 0 Å². The van der Waals surface area contributed by atoms with Gasteiger partial charge in [-0.3, -0.25) is 0 Å². The van der Waals surface area contributed by atoms with Crippen molar-refractivity contribution in [3.63, 3.8) is 0 Å². The third-order valence-electron chi connectivity index (χ3n) is 2.79. The Morgan fingerprint density at radius 2 is 2.12 bits per heavy atom. The fourth-order valence-corrected chi connectivity index (χ4v) is 2.11. The van der Waals surface area contributed by atoms with Gasteiger partial charge in [-0.15, -0.1) is 0 Å². The van der Waals surface area contributed by atoms with Crippen LogP contribution in [0.3, 0.4) is 0 Å². The molecule has 88 valence electrons. The van der Waals surface area contributed by atoms with E-state index in [1.807, 2.05) is 0 Å². The lowest BCUT2D eigenvalue weighted by molar-refractivity contribution is -0.00769. The number of hydrogen-bond donors (Lipinski definition) is 1. The van der Waals surface area contributed by atoms with Crippen LogP contribution in [-0.4, -0.2) is 19.0 Å². The second kappa shape index (κ2) is 4.18. The Labute approximate surface area is 97.3 Å². The van der Waals surface area contributed by atoms with Crippen molar-refractivity contribution in [2.45, 2.75) is 18.1 Å². The van der Waals surface area contributed by atoms with Crippen LogP contribution >= 0.6 is 11.6 Å². The lowest BCUT2D eigenvalue weighted by atomic mass is 9.89. The molecule has 0 fully saturated rings. The summed E-state index contributed by atoms with van der Waals surface area (Å²) in [4.78, 5) is 0. The van der Waals surface area contributed by atoms with E-state index in [0.717, 1.165) is 0 Å². The molecule has 2 nitrogen and oxygen atoms in total. The van der Waals surface area contributed by atoms with Crippen LogP contribution in [0.4, 0.5) is 8.78 Å². The normalized spacial score (nSPS) is 22.4. The van der Waals surface area contributed by atoms with Crippen LogP contribution in [0.25, 0.3) is 0 Å². The van der Waals surface area contributed by atoms with Crippen molar-refractivity contribution in [2.75, 3.05) is 13.3 Å². The largest absolute Gasteiger partial charge is 0.480 e. The van der Waals surface area contributed by atoms with Gasteiger partial charge in [0.15, 0.2) is 5.60 Å². The standard InChI is InChI=1S/C11H12ClF2NO/c12-8-3-1-2-7-9(15)4-11(5-13,6-14)16-10(7)8/h1-3,9H,4-6,15H2/t9-/m1/s1. The molecule has 2 N–H and O–H groups in total. The van der Waals surface area contributed by atoms with Gasteiger partial charge in [0, 0.05) is 18.0 Å². The molecule has 1 atom stereocenters. The number of nitrogens with two attached hydrogens (primary N) is 1. The SMILES string of the molecule is N[C@@H]1CC(CF)(CF)Oc2c(Cl)cccc21. The van der Waals surface area contributed by atoms with Crippen LogP contribution in [0.15, 0.2) is 18.2 Å². The molecule has 0 radical (unpaired) electrons. The van der Waals surface area contributed by atoms with Crippen LogP contribution in [0.2, 0.25) is 5.02 Å². The molecule has 2 rings (SSSR count). The van der Waals surface area contributed by atoms with Gasteiger partial charge in [0.2, 0.25) is 0 Å². The van der Waals surface area contributed by atoms with Gasteiger partial charge in [-0.2, -0.15) is 0 Å². The molecule has 0 saturated heterocycles. The van der Waals surface area contributed by atoms with Crippen LogP contribution < -0.4 is 10.5 Å². The van der Waals surface area contributed by atoms with E-state index in [2.05, 4.69) is 0 Å². The highest BCUT2D eigenvalue weighted by molar-refractivity contribution is 6.32. The predicted molar refractivity (Wildman–Crippen MR) is 58.3 cm³/mol. The first-order chi connectivity index (χ1) is 7.62. The molecule has 1 aliphatic rings. The molecule has 0 saturated carbocycles. The Balaban J connectivity index is 2.45. The van der Waals surface area contributed by atoms with Gasteiger partial charge in [0.25, 0.3) is 0 Å². The maximum Gasteiger partial charge on any atom is 0.167 e. The molecule has 0 unspecified atom stereocenters. The summed E-state index contributed by atoms with van der Waals surface area (Å²) in [6, 6.07) is 4.66. The Kier molecular flexibility index (Phi) is 3.04. The molecule has 0 aromatic heterocycles. The maximum atomic E-state index is 12.9. The summed E-state index contributed by atoms with van der Waals surface area (Å²) < 4.78 is 31.1. The number of alkyl halides is 2. The number of hydrogen-bond acceptors (Lipinski definition) is 2. The van der Waals surface area contributed by atoms with Crippen molar-refractivity contribution in [3.8, 4) is 5.75 Å². The average molecular weight is 248 g/mol. The van der Waals surface area contributed by atoms with Crippen LogP contribution in [0.1, 0.15) is 18.0 Å². The molecular weight excluding hydrogens is 236 g/mol. The smallest absolute Gasteiger partial charge is 0.167 e. The first kappa shape index (κ1) is 11.6. The quantitative estimate of drug-likeness (QED) is 0.872. The Morgan fingerprint density at radius 1 is 1.44 bits per heavy atom. The van der Waals surface area contributed by atoms with E-state index in [1.165, 1.54) is 0 Å². The molecule has 0 spiro atoms. The minimum atomic E-state index is -1.47. The summed E-state index contributed by atoms with van der Waals surface area (Å²) in [6.07, 6.45) is 0.118. The first-order valence-electron chi connectivity index (χ1n) is 4.97. The molecule has 5 heteroatoms. The number of halogens is 3. The zero-order valence-electron chi connectivity index (χ0n) is 8.55. The second-order valence-corrected chi connectivity index (χ2v) is 4.43.